The Morgan fingerprint density at radius 3 is 2.35 bits per heavy atom. The van der Waals surface area contributed by atoms with E-state index < -0.39 is 0 Å². The molecule has 0 spiro atoms. The average molecular weight is 315 g/mol. The Labute approximate surface area is 135 Å². The highest BCUT2D eigenvalue weighted by molar-refractivity contribution is 5.94. The molecule has 0 saturated heterocycles. The number of carbonyl (C=O) groups is 2. The second kappa shape index (κ2) is 6.64. The molecule has 1 heterocycles. The molecule has 0 fully saturated rings. The summed E-state index contributed by atoms with van der Waals surface area (Å²) < 4.78 is 5.23. The van der Waals surface area contributed by atoms with Gasteiger partial charge in [0.15, 0.2) is 5.82 Å². The Balaban J connectivity index is 1.97. The van der Waals surface area contributed by atoms with Gasteiger partial charge in [0.05, 0.1) is 6.42 Å². The summed E-state index contributed by atoms with van der Waals surface area (Å²) in [5, 5.41) is 9.11. The van der Waals surface area contributed by atoms with Crippen molar-refractivity contribution in [3.05, 3.63) is 47.2 Å². The van der Waals surface area contributed by atoms with Crippen molar-refractivity contribution in [1.82, 2.24) is 10.5 Å². The number of nitrogens with one attached hydrogen (secondary N) is 2. The molecule has 122 valence electrons. The van der Waals surface area contributed by atoms with Crippen LogP contribution in [0.2, 0.25) is 0 Å². The Morgan fingerprint density at radius 2 is 1.83 bits per heavy atom. The standard InChI is InChI=1S/C17H21N3O3/c1-17(2,3)13-10-14(20-23-13)19-15(21)9-11-5-7-12(8-6-11)16(22)18-4/h5-8,10H,9H2,1-4H3,(H,18,22)(H,19,20,21). The Bertz CT molecular complexity index is 697. The zero-order valence-corrected chi connectivity index (χ0v) is 13.8. The highest BCUT2D eigenvalue weighted by atomic mass is 16.5. The van der Waals surface area contributed by atoms with E-state index in [4.69, 9.17) is 4.52 Å². The fourth-order valence-corrected chi connectivity index (χ4v) is 1.98. The number of nitrogens with zero attached hydrogens (tertiary/aromatic N) is 1. The van der Waals surface area contributed by atoms with Gasteiger partial charge in [-0.3, -0.25) is 9.59 Å². The van der Waals surface area contributed by atoms with Crippen LogP contribution in [0.15, 0.2) is 34.9 Å². The molecular weight excluding hydrogens is 294 g/mol. The van der Waals surface area contributed by atoms with Crippen LogP contribution in [-0.4, -0.2) is 24.0 Å². The number of carbonyl (C=O) groups excluding carboxylic acids is 2. The van der Waals surface area contributed by atoms with E-state index in [0.717, 1.165) is 5.56 Å². The fourth-order valence-electron chi connectivity index (χ4n) is 1.98. The van der Waals surface area contributed by atoms with Gasteiger partial charge in [0, 0.05) is 24.1 Å². The van der Waals surface area contributed by atoms with Crippen molar-refractivity contribution in [3.63, 3.8) is 0 Å². The van der Waals surface area contributed by atoms with Crippen molar-refractivity contribution in [1.29, 1.82) is 0 Å². The normalized spacial score (nSPS) is 11.1. The topological polar surface area (TPSA) is 84.2 Å². The number of amides is 2. The maximum atomic E-state index is 12.0. The van der Waals surface area contributed by atoms with Gasteiger partial charge in [0.25, 0.3) is 5.91 Å². The molecule has 1 aromatic heterocycles. The highest BCUT2D eigenvalue weighted by Gasteiger charge is 2.20. The van der Waals surface area contributed by atoms with E-state index in [0.29, 0.717) is 17.1 Å². The molecule has 2 aromatic rings. The van der Waals surface area contributed by atoms with Crippen LogP contribution in [-0.2, 0) is 16.6 Å². The fraction of sp³-hybridized carbons (Fsp3) is 0.353. The van der Waals surface area contributed by atoms with Gasteiger partial charge < -0.3 is 15.2 Å². The van der Waals surface area contributed by atoms with E-state index in [2.05, 4.69) is 15.8 Å². The molecule has 0 atom stereocenters. The minimum absolute atomic E-state index is 0.154. The number of hydrogen-bond acceptors (Lipinski definition) is 4. The van der Waals surface area contributed by atoms with Gasteiger partial charge in [-0.05, 0) is 17.7 Å². The van der Waals surface area contributed by atoms with E-state index in [1.165, 1.54) is 0 Å². The SMILES string of the molecule is CNC(=O)c1ccc(CC(=O)Nc2cc(C(C)(C)C)on2)cc1. The maximum absolute atomic E-state index is 12.0. The summed E-state index contributed by atoms with van der Waals surface area (Å²) >= 11 is 0. The molecule has 0 aliphatic rings. The van der Waals surface area contributed by atoms with Crippen LogP contribution in [0.5, 0.6) is 0 Å². The Kier molecular flexibility index (Phi) is 4.83. The molecule has 6 heteroatoms. The molecule has 2 rings (SSSR count). The number of rotatable bonds is 4. The van der Waals surface area contributed by atoms with Crippen molar-refractivity contribution < 1.29 is 14.1 Å². The first-order valence-electron chi connectivity index (χ1n) is 7.37. The van der Waals surface area contributed by atoms with Crippen molar-refractivity contribution in [2.75, 3.05) is 12.4 Å². The predicted molar refractivity (Wildman–Crippen MR) is 87.4 cm³/mol. The zero-order chi connectivity index (χ0) is 17.0. The molecule has 0 aliphatic heterocycles. The minimum Gasteiger partial charge on any atom is -0.359 e. The van der Waals surface area contributed by atoms with Gasteiger partial charge in [-0.1, -0.05) is 38.1 Å². The predicted octanol–water partition coefficient (Wildman–Crippen LogP) is 2.51. The van der Waals surface area contributed by atoms with E-state index >= 15 is 0 Å². The van der Waals surface area contributed by atoms with Crippen molar-refractivity contribution in [3.8, 4) is 0 Å². The van der Waals surface area contributed by atoms with E-state index in [1.807, 2.05) is 20.8 Å². The summed E-state index contributed by atoms with van der Waals surface area (Å²) in [7, 11) is 1.58. The lowest BCUT2D eigenvalue weighted by Crippen LogP contribution is -2.18. The molecule has 6 nitrogen and oxygen atoms in total. The quantitative estimate of drug-likeness (QED) is 0.908. The molecule has 23 heavy (non-hydrogen) atoms. The smallest absolute Gasteiger partial charge is 0.251 e. The summed E-state index contributed by atoms with van der Waals surface area (Å²) in [6.07, 6.45) is 0.200. The molecule has 0 bridgehead atoms. The van der Waals surface area contributed by atoms with Crippen molar-refractivity contribution in [2.24, 2.45) is 0 Å². The minimum atomic E-state index is -0.188. The van der Waals surface area contributed by atoms with Crippen LogP contribution in [0.25, 0.3) is 0 Å². The summed E-state index contributed by atoms with van der Waals surface area (Å²) in [4.78, 5) is 23.5. The van der Waals surface area contributed by atoms with Gasteiger partial charge in [0.1, 0.15) is 5.76 Å². The molecule has 1 aromatic carbocycles. The third kappa shape index (κ3) is 4.42. The van der Waals surface area contributed by atoms with E-state index in [1.54, 1.807) is 37.4 Å². The summed E-state index contributed by atoms with van der Waals surface area (Å²) in [5.41, 5.74) is 1.21. The molecule has 0 aliphatic carbocycles. The Hall–Kier alpha value is -2.63. The largest absolute Gasteiger partial charge is 0.359 e. The second-order valence-corrected chi connectivity index (χ2v) is 6.33. The molecule has 2 N–H and O–H groups in total. The van der Waals surface area contributed by atoms with Gasteiger partial charge in [-0.15, -0.1) is 0 Å². The number of aromatic nitrogens is 1. The van der Waals surface area contributed by atoms with E-state index in [-0.39, 0.29) is 23.7 Å². The average Bonchev–Trinajstić information content (AvgIpc) is 2.95. The first kappa shape index (κ1) is 16.7. The number of benzene rings is 1. The molecule has 0 unspecified atom stereocenters. The van der Waals surface area contributed by atoms with Crippen molar-refractivity contribution >= 4 is 17.6 Å². The van der Waals surface area contributed by atoms with Crippen LogP contribution < -0.4 is 10.6 Å². The van der Waals surface area contributed by atoms with Gasteiger partial charge >= 0.3 is 0 Å². The molecule has 0 saturated carbocycles. The van der Waals surface area contributed by atoms with Gasteiger partial charge in [-0.2, -0.15) is 0 Å². The number of hydrogen-bond donors (Lipinski definition) is 2. The summed E-state index contributed by atoms with van der Waals surface area (Å²) in [6.45, 7) is 6.02. The lowest BCUT2D eigenvalue weighted by molar-refractivity contribution is -0.115. The van der Waals surface area contributed by atoms with Crippen LogP contribution in [0.3, 0.4) is 0 Å². The van der Waals surface area contributed by atoms with E-state index in [9.17, 15) is 9.59 Å². The lowest BCUT2D eigenvalue weighted by Gasteiger charge is -2.12. The third-order valence-corrected chi connectivity index (χ3v) is 3.32. The highest BCUT2D eigenvalue weighted by Crippen LogP contribution is 2.24. The second-order valence-electron chi connectivity index (χ2n) is 6.33. The maximum Gasteiger partial charge on any atom is 0.251 e. The van der Waals surface area contributed by atoms with Crippen LogP contribution in [0.4, 0.5) is 5.82 Å². The zero-order valence-electron chi connectivity index (χ0n) is 13.8. The molecular formula is C17H21N3O3. The summed E-state index contributed by atoms with van der Waals surface area (Å²) in [6, 6.07) is 8.62. The molecule has 0 radical (unpaired) electrons. The lowest BCUT2D eigenvalue weighted by atomic mass is 9.93. The first-order valence-corrected chi connectivity index (χ1v) is 7.37. The number of anilines is 1. The van der Waals surface area contributed by atoms with Gasteiger partial charge in [0.2, 0.25) is 5.91 Å². The van der Waals surface area contributed by atoms with Crippen LogP contribution in [0, 0.1) is 0 Å². The molecule has 2 amide bonds. The van der Waals surface area contributed by atoms with Gasteiger partial charge in [-0.25, -0.2) is 0 Å². The first-order chi connectivity index (χ1) is 10.8. The third-order valence-electron chi connectivity index (χ3n) is 3.32. The Morgan fingerprint density at radius 1 is 1.17 bits per heavy atom. The van der Waals surface area contributed by atoms with Crippen LogP contribution >= 0.6 is 0 Å². The van der Waals surface area contributed by atoms with Crippen molar-refractivity contribution in [2.45, 2.75) is 32.6 Å². The summed E-state index contributed by atoms with van der Waals surface area (Å²) in [5.74, 6) is 0.773. The van der Waals surface area contributed by atoms with Crippen LogP contribution in [0.1, 0.15) is 42.5 Å². The monoisotopic (exact) mass is 315 g/mol.